The standard InChI is InChI=1S/C19H19N3O2/c1-19(17-20-18(23)22-21-17)11-13-8-9-14(24-2)10-15(13)16(19)12-6-4-3-5-7-12/h3-10,16H,11H2,1-2H3,(H2,20,21,22,23)/t16-,19+/m1/s1. The molecule has 0 fully saturated rings. The van der Waals surface area contributed by atoms with E-state index in [1.54, 1.807) is 7.11 Å². The molecule has 1 heterocycles. The van der Waals surface area contributed by atoms with Crippen LogP contribution in [0, 0.1) is 0 Å². The molecule has 1 aliphatic rings. The number of nitrogens with zero attached hydrogens (tertiary/aromatic N) is 1. The van der Waals surface area contributed by atoms with Gasteiger partial charge in [-0.1, -0.05) is 43.3 Å². The maximum absolute atomic E-state index is 11.6. The molecule has 2 aromatic carbocycles. The number of ether oxygens (including phenoxy) is 1. The molecule has 0 amide bonds. The van der Waals surface area contributed by atoms with Crippen LogP contribution in [0.25, 0.3) is 0 Å². The van der Waals surface area contributed by atoms with Gasteiger partial charge in [-0.15, -0.1) is 0 Å². The lowest BCUT2D eigenvalue weighted by Crippen LogP contribution is -2.30. The Morgan fingerprint density at radius 1 is 1.21 bits per heavy atom. The molecule has 3 aromatic rings. The molecule has 0 spiro atoms. The lowest BCUT2D eigenvalue weighted by molar-refractivity contribution is 0.411. The maximum atomic E-state index is 11.6. The number of methoxy groups -OCH3 is 1. The number of benzene rings is 2. The monoisotopic (exact) mass is 321 g/mol. The van der Waals surface area contributed by atoms with Gasteiger partial charge in [-0.3, -0.25) is 4.98 Å². The third-order valence-electron chi connectivity index (χ3n) is 5.03. The van der Waals surface area contributed by atoms with Gasteiger partial charge in [0.15, 0.2) is 0 Å². The zero-order chi connectivity index (χ0) is 16.7. The van der Waals surface area contributed by atoms with Crippen molar-refractivity contribution in [1.29, 1.82) is 0 Å². The second-order valence-corrected chi connectivity index (χ2v) is 6.53. The van der Waals surface area contributed by atoms with E-state index >= 15 is 0 Å². The van der Waals surface area contributed by atoms with E-state index in [2.05, 4.69) is 46.4 Å². The summed E-state index contributed by atoms with van der Waals surface area (Å²) in [5.74, 6) is 1.63. The molecule has 24 heavy (non-hydrogen) atoms. The molecule has 2 atom stereocenters. The molecule has 4 rings (SSSR count). The molecule has 0 radical (unpaired) electrons. The van der Waals surface area contributed by atoms with Crippen LogP contribution in [-0.4, -0.2) is 22.3 Å². The number of nitrogens with one attached hydrogen (secondary N) is 2. The van der Waals surface area contributed by atoms with Crippen molar-refractivity contribution in [2.75, 3.05) is 7.11 Å². The molecule has 0 unspecified atom stereocenters. The number of aromatic nitrogens is 3. The lowest BCUT2D eigenvalue weighted by Gasteiger charge is -2.30. The molecule has 1 aromatic heterocycles. The number of fused-ring (bicyclic) bond motifs is 1. The molecule has 5 heteroatoms. The van der Waals surface area contributed by atoms with Crippen molar-refractivity contribution < 1.29 is 4.74 Å². The highest BCUT2D eigenvalue weighted by atomic mass is 16.5. The first kappa shape index (κ1) is 14.8. The fourth-order valence-corrected chi connectivity index (χ4v) is 3.92. The van der Waals surface area contributed by atoms with Crippen molar-refractivity contribution in [3.8, 4) is 5.75 Å². The van der Waals surface area contributed by atoms with Crippen LogP contribution >= 0.6 is 0 Å². The van der Waals surface area contributed by atoms with Gasteiger partial charge in [0.25, 0.3) is 0 Å². The first-order chi connectivity index (χ1) is 11.6. The molecule has 0 saturated carbocycles. The topological polar surface area (TPSA) is 70.8 Å². The van der Waals surface area contributed by atoms with Crippen molar-refractivity contribution in [3.05, 3.63) is 81.5 Å². The van der Waals surface area contributed by atoms with Gasteiger partial charge < -0.3 is 4.74 Å². The quantitative estimate of drug-likeness (QED) is 0.779. The SMILES string of the molecule is COc1ccc2c(c1)[C@@H](c1ccccc1)[C@@](C)(c1n[nH]c(=O)[nH]1)C2. The first-order valence-electron chi connectivity index (χ1n) is 7.99. The van der Waals surface area contributed by atoms with Gasteiger partial charge in [0.2, 0.25) is 0 Å². The van der Waals surface area contributed by atoms with Crippen molar-refractivity contribution >= 4 is 0 Å². The second-order valence-electron chi connectivity index (χ2n) is 6.53. The van der Waals surface area contributed by atoms with E-state index in [1.807, 2.05) is 24.3 Å². The molecule has 0 saturated heterocycles. The Bertz CT molecular complexity index is 929. The Hall–Kier alpha value is -2.82. The Labute approximate surface area is 139 Å². The van der Waals surface area contributed by atoms with E-state index in [0.717, 1.165) is 12.2 Å². The number of aromatic amines is 2. The van der Waals surface area contributed by atoms with E-state index in [0.29, 0.717) is 5.82 Å². The van der Waals surface area contributed by atoms with Crippen molar-refractivity contribution in [3.63, 3.8) is 0 Å². The van der Waals surface area contributed by atoms with E-state index < -0.39 is 0 Å². The highest BCUT2D eigenvalue weighted by Crippen LogP contribution is 2.51. The van der Waals surface area contributed by atoms with Gasteiger partial charge in [0.1, 0.15) is 11.6 Å². The van der Waals surface area contributed by atoms with Crippen LogP contribution in [0.1, 0.15) is 35.4 Å². The molecule has 2 N–H and O–H groups in total. The van der Waals surface area contributed by atoms with Crippen molar-refractivity contribution in [2.45, 2.75) is 24.7 Å². The van der Waals surface area contributed by atoms with Crippen LogP contribution in [-0.2, 0) is 11.8 Å². The normalized spacial score (nSPS) is 22.3. The number of hydrogen-bond donors (Lipinski definition) is 2. The molecular weight excluding hydrogens is 302 g/mol. The van der Waals surface area contributed by atoms with Crippen molar-refractivity contribution in [1.82, 2.24) is 15.2 Å². The lowest BCUT2D eigenvalue weighted by atomic mass is 9.73. The summed E-state index contributed by atoms with van der Waals surface area (Å²) in [6.45, 7) is 2.16. The summed E-state index contributed by atoms with van der Waals surface area (Å²) in [5.41, 5.74) is 3.10. The van der Waals surface area contributed by atoms with Gasteiger partial charge in [0, 0.05) is 11.3 Å². The smallest absolute Gasteiger partial charge is 0.340 e. The van der Waals surface area contributed by atoms with E-state index in [-0.39, 0.29) is 17.0 Å². The minimum atomic E-state index is -0.324. The molecule has 0 aliphatic heterocycles. The number of rotatable bonds is 3. The third-order valence-corrected chi connectivity index (χ3v) is 5.03. The van der Waals surface area contributed by atoms with Gasteiger partial charge in [-0.05, 0) is 35.2 Å². The zero-order valence-corrected chi connectivity index (χ0v) is 13.7. The number of H-pyrrole nitrogens is 2. The average molecular weight is 321 g/mol. The molecule has 1 aliphatic carbocycles. The van der Waals surface area contributed by atoms with Crippen LogP contribution in [0.2, 0.25) is 0 Å². The summed E-state index contributed by atoms with van der Waals surface area (Å²) in [6, 6.07) is 16.6. The van der Waals surface area contributed by atoms with E-state index in [1.165, 1.54) is 16.7 Å². The van der Waals surface area contributed by atoms with E-state index in [9.17, 15) is 4.79 Å². The summed E-state index contributed by atoms with van der Waals surface area (Å²) in [4.78, 5) is 14.5. The molecular formula is C19H19N3O2. The predicted octanol–water partition coefficient (Wildman–Crippen LogP) is 2.75. The summed E-state index contributed by atoms with van der Waals surface area (Å²) < 4.78 is 5.42. The summed E-state index contributed by atoms with van der Waals surface area (Å²) in [5, 5.41) is 6.75. The van der Waals surface area contributed by atoms with Crippen LogP contribution in [0.5, 0.6) is 5.75 Å². The van der Waals surface area contributed by atoms with Crippen molar-refractivity contribution in [2.24, 2.45) is 0 Å². The fraction of sp³-hybridized carbons (Fsp3) is 0.263. The minimum Gasteiger partial charge on any atom is -0.497 e. The van der Waals surface area contributed by atoms with E-state index in [4.69, 9.17) is 4.74 Å². The third kappa shape index (κ3) is 2.16. The Morgan fingerprint density at radius 2 is 2.00 bits per heavy atom. The highest BCUT2D eigenvalue weighted by Gasteiger charge is 2.47. The van der Waals surface area contributed by atoms with Gasteiger partial charge in [-0.25, -0.2) is 9.89 Å². The molecule has 122 valence electrons. The highest BCUT2D eigenvalue weighted by molar-refractivity contribution is 5.51. The Morgan fingerprint density at radius 3 is 2.67 bits per heavy atom. The van der Waals surface area contributed by atoms with Gasteiger partial charge in [-0.2, -0.15) is 5.10 Å². The zero-order valence-electron chi connectivity index (χ0n) is 13.7. The van der Waals surface area contributed by atoms with Crippen LogP contribution < -0.4 is 10.4 Å². The molecule has 0 bridgehead atoms. The fourth-order valence-electron chi connectivity index (χ4n) is 3.92. The van der Waals surface area contributed by atoms with Crippen LogP contribution in [0.3, 0.4) is 0 Å². The summed E-state index contributed by atoms with van der Waals surface area (Å²) in [6.07, 6.45) is 0.812. The van der Waals surface area contributed by atoms with Crippen LogP contribution in [0.4, 0.5) is 0 Å². The summed E-state index contributed by atoms with van der Waals surface area (Å²) >= 11 is 0. The molecule has 5 nitrogen and oxygen atoms in total. The Kier molecular flexibility index (Phi) is 3.30. The Balaban J connectivity index is 1.93. The van der Waals surface area contributed by atoms with Gasteiger partial charge >= 0.3 is 5.69 Å². The second kappa shape index (κ2) is 5.37. The van der Waals surface area contributed by atoms with Gasteiger partial charge in [0.05, 0.1) is 7.11 Å². The predicted molar refractivity (Wildman–Crippen MR) is 91.5 cm³/mol. The maximum Gasteiger partial charge on any atom is 0.340 e. The summed E-state index contributed by atoms with van der Waals surface area (Å²) in [7, 11) is 1.68. The number of hydrogen-bond acceptors (Lipinski definition) is 3. The first-order valence-corrected chi connectivity index (χ1v) is 7.99. The average Bonchev–Trinajstić information content (AvgIpc) is 3.16. The van der Waals surface area contributed by atoms with Crippen LogP contribution in [0.15, 0.2) is 53.3 Å². The largest absolute Gasteiger partial charge is 0.497 e. The minimum absolute atomic E-state index is 0.0998.